The topological polar surface area (TPSA) is 46.6 Å². The number of carbonyl (C=O) groups excluding carboxylic acids is 2. The molecule has 1 heterocycles. The van der Waals surface area contributed by atoms with E-state index in [9.17, 15) is 9.59 Å². The molecule has 2 aromatic carbocycles. The van der Waals surface area contributed by atoms with Crippen molar-refractivity contribution in [3.8, 4) is 5.75 Å². The summed E-state index contributed by atoms with van der Waals surface area (Å²) in [5.41, 5.74) is 0.483. The third kappa shape index (κ3) is 2.84. The Bertz CT molecular complexity index is 767. The SMILES string of the molecule is O=C1C=C(Oc2cc(Cl)cc(Cl)c2)C(=O)N1c1ccccc1. The van der Waals surface area contributed by atoms with Crippen LogP contribution in [0.2, 0.25) is 10.0 Å². The maximum Gasteiger partial charge on any atom is 0.301 e. The highest BCUT2D eigenvalue weighted by Gasteiger charge is 2.34. The van der Waals surface area contributed by atoms with E-state index >= 15 is 0 Å². The van der Waals surface area contributed by atoms with Gasteiger partial charge in [-0.15, -0.1) is 0 Å². The number of para-hydroxylation sites is 1. The zero-order valence-corrected chi connectivity index (χ0v) is 12.6. The van der Waals surface area contributed by atoms with Crippen LogP contribution < -0.4 is 9.64 Å². The molecule has 4 nitrogen and oxygen atoms in total. The predicted octanol–water partition coefficient (Wildman–Crippen LogP) is 3.83. The van der Waals surface area contributed by atoms with Crippen LogP contribution >= 0.6 is 23.2 Å². The minimum atomic E-state index is -0.535. The van der Waals surface area contributed by atoms with E-state index in [1.807, 2.05) is 0 Å². The molecule has 0 radical (unpaired) electrons. The number of hydrogen-bond donors (Lipinski definition) is 0. The van der Waals surface area contributed by atoms with E-state index < -0.39 is 11.8 Å². The monoisotopic (exact) mass is 333 g/mol. The molecule has 110 valence electrons. The van der Waals surface area contributed by atoms with E-state index in [-0.39, 0.29) is 5.76 Å². The van der Waals surface area contributed by atoms with Crippen molar-refractivity contribution in [1.82, 2.24) is 0 Å². The second-order valence-corrected chi connectivity index (χ2v) is 5.40. The van der Waals surface area contributed by atoms with Crippen molar-refractivity contribution in [3.63, 3.8) is 0 Å². The summed E-state index contributed by atoms with van der Waals surface area (Å²) in [6.07, 6.45) is 1.14. The Morgan fingerprint density at radius 1 is 0.909 bits per heavy atom. The van der Waals surface area contributed by atoms with Gasteiger partial charge < -0.3 is 4.74 Å². The second-order valence-electron chi connectivity index (χ2n) is 4.53. The van der Waals surface area contributed by atoms with Crippen molar-refractivity contribution >= 4 is 40.7 Å². The molecular weight excluding hydrogens is 325 g/mol. The molecule has 0 aromatic heterocycles. The fraction of sp³-hybridized carbons (Fsp3) is 0. The van der Waals surface area contributed by atoms with Gasteiger partial charge in [0, 0.05) is 10.0 Å². The molecule has 0 spiro atoms. The molecular formula is C16H9Cl2NO3. The highest BCUT2D eigenvalue weighted by molar-refractivity contribution is 6.35. The number of anilines is 1. The first-order chi connectivity index (χ1) is 10.5. The maximum atomic E-state index is 12.3. The van der Waals surface area contributed by atoms with Gasteiger partial charge in [0.05, 0.1) is 11.8 Å². The largest absolute Gasteiger partial charge is 0.451 e. The summed E-state index contributed by atoms with van der Waals surface area (Å²) >= 11 is 11.8. The van der Waals surface area contributed by atoms with Crippen molar-refractivity contribution in [2.24, 2.45) is 0 Å². The normalized spacial score (nSPS) is 14.3. The Kier molecular flexibility index (Phi) is 3.88. The number of hydrogen-bond acceptors (Lipinski definition) is 3. The molecule has 22 heavy (non-hydrogen) atoms. The first kappa shape index (κ1) is 14.6. The number of rotatable bonds is 3. The number of nitrogens with zero attached hydrogens (tertiary/aromatic N) is 1. The lowest BCUT2D eigenvalue weighted by Gasteiger charge is -2.14. The van der Waals surface area contributed by atoms with Gasteiger partial charge in [0.2, 0.25) is 0 Å². The average molecular weight is 334 g/mol. The van der Waals surface area contributed by atoms with Crippen LogP contribution in [0.3, 0.4) is 0 Å². The molecule has 1 aliphatic rings. The van der Waals surface area contributed by atoms with E-state index in [0.717, 1.165) is 11.0 Å². The smallest absolute Gasteiger partial charge is 0.301 e. The third-order valence-corrected chi connectivity index (χ3v) is 3.40. The molecule has 2 amide bonds. The van der Waals surface area contributed by atoms with E-state index in [1.165, 1.54) is 12.1 Å². The minimum Gasteiger partial charge on any atom is -0.451 e. The van der Waals surface area contributed by atoms with Crippen molar-refractivity contribution < 1.29 is 14.3 Å². The molecule has 6 heteroatoms. The Balaban J connectivity index is 1.86. The molecule has 0 bridgehead atoms. The number of amides is 2. The van der Waals surface area contributed by atoms with Gasteiger partial charge in [0.1, 0.15) is 5.75 Å². The summed E-state index contributed by atoms with van der Waals surface area (Å²) < 4.78 is 5.45. The molecule has 0 unspecified atom stereocenters. The lowest BCUT2D eigenvalue weighted by atomic mass is 10.3. The Labute approximate surface area is 136 Å². The van der Waals surface area contributed by atoms with Crippen LogP contribution in [0, 0.1) is 0 Å². The fourth-order valence-corrected chi connectivity index (χ4v) is 2.56. The van der Waals surface area contributed by atoms with Crippen LogP contribution in [-0.4, -0.2) is 11.8 Å². The van der Waals surface area contributed by atoms with Crippen LogP contribution in [-0.2, 0) is 9.59 Å². The van der Waals surface area contributed by atoms with Gasteiger partial charge >= 0.3 is 5.91 Å². The first-order valence-corrected chi connectivity index (χ1v) is 7.09. The van der Waals surface area contributed by atoms with Crippen molar-refractivity contribution in [2.75, 3.05) is 4.90 Å². The molecule has 2 aromatic rings. The van der Waals surface area contributed by atoms with Gasteiger partial charge in [-0.2, -0.15) is 0 Å². The van der Waals surface area contributed by atoms with E-state index in [2.05, 4.69) is 0 Å². The molecule has 0 fully saturated rings. The van der Waals surface area contributed by atoms with Crippen LogP contribution in [0.15, 0.2) is 60.4 Å². The molecule has 3 rings (SSSR count). The summed E-state index contributed by atoms with van der Waals surface area (Å²) in [5.74, 6) is -0.779. The van der Waals surface area contributed by atoms with E-state index in [4.69, 9.17) is 27.9 Å². The average Bonchev–Trinajstić information content (AvgIpc) is 2.73. The number of carbonyl (C=O) groups is 2. The van der Waals surface area contributed by atoms with Gasteiger partial charge in [-0.1, -0.05) is 41.4 Å². The number of benzene rings is 2. The van der Waals surface area contributed by atoms with Gasteiger partial charge in [-0.25, -0.2) is 4.90 Å². The highest BCUT2D eigenvalue weighted by Crippen LogP contribution is 2.28. The Morgan fingerprint density at radius 2 is 1.55 bits per heavy atom. The zero-order valence-electron chi connectivity index (χ0n) is 11.1. The van der Waals surface area contributed by atoms with Crippen LogP contribution in [0.25, 0.3) is 0 Å². The number of imide groups is 1. The van der Waals surface area contributed by atoms with Crippen LogP contribution in [0.5, 0.6) is 5.75 Å². The second kappa shape index (κ2) is 5.83. The van der Waals surface area contributed by atoms with E-state index in [1.54, 1.807) is 36.4 Å². The number of ether oxygens (including phenoxy) is 1. The van der Waals surface area contributed by atoms with Crippen LogP contribution in [0.1, 0.15) is 0 Å². The Morgan fingerprint density at radius 3 is 2.18 bits per heavy atom. The van der Waals surface area contributed by atoms with Crippen molar-refractivity contribution in [3.05, 3.63) is 70.4 Å². The van der Waals surface area contributed by atoms with Crippen molar-refractivity contribution in [2.45, 2.75) is 0 Å². The van der Waals surface area contributed by atoms with Gasteiger partial charge in [-0.05, 0) is 30.3 Å². The molecule has 0 saturated heterocycles. The molecule has 0 N–H and O–H groups in total. The van der Waals surface area contributed by atoms with E-state index in [0.29, 0.717) is 21.5 Å². The minimum absolute atomic E-state index is 0.0767. The van der Waals surface area contributed by atoms with Gasteiger partial charge in [-0.3, -0.25) is 9.59 Å². The van der Waals surface area contributed by atoms with Gasteiger partial charge in [0.15, 0.2) is 5.76 Å². The molecule has 0 saturated carbocycles. The maximum absolute atomic E-state index is 12.3. The quantitative estimate of drug-likeness (QED) is 0.802. The lowest BCUT2D eigenvalue weighted by Crippen LogP contribution is -2.31. The third-order valence-electron chi connectivity index (χ3n) is 2.97. The summed E-state index contributed by atoms with van der Waals surface area (Å²) in [5, 5.41) is 0.750. The summed E-state index contributed by atoms with van der Waals surface area (Å²) in [6.45, 7) is 0. The fourth-order valence-electron chi connectivity index (χ4n) is 2.06. The van der Waals surface area contributed by atoms with Crippen LogP contribution in [0.4, 0.5) is 5.69 Å². The molecule has 1 aliphatic heterocycles. The van der Waals surface area contributed by atoms with Gasteiger partial charge in [0.25, 0.3) is 5.91 Å². The Hall–Kier alpha value is -2.30. The highest BCUT2D eigenvalue weighted by atomic mass is 35.5. The first-order valence-electron chi connectivity index (χ1n) is 6.34. The summed E-state index contributed by atoms with van der Waals surface area (Å²) in [4.78, 5) is 25.4. The lowest BCUT2D eigenvalue weighted by molar-refractivity contribution is -0.121. The predicted molar refractivity (Wildman–Crippen MR) is 84.1 cm³/mol. The standard InChI is InChI=1S/C16H9Cl2NO3/c17-10-6-11(18)8-13(7-10)22-14-9-15(20)19(16(14)21)12-4-2-1-3-5-12/h1-9H. The summed E-state index contributed by atoms with van der Waals surface area (Å²) in [7, 11) is 0. The summed E-state index contributed by atoms with van der Waals surface area (Å²) in [6, 6.07) is 13.2. The number of halogens is 2. The molecule has 0 aliphatic carbocycles. The zero-order chi connectivity index (χ0) is 15.7. The molecule has 0 atom stereocenters. The van der Waals surface area contributed by atoms with Crippen molar-refractivity contribution in [1.29, 1.82) is 0 Å².